The summed E-state index contributed by atoms with van der Waals surface area (Å²) in [6.45, 7) is 7.10. The Morgan fingerprint density at radius 2 is 0.523 bits per heavy atom. The van der Waals surface area contributed by atoms with Crippen LogP contribution in [0.2, 0.25) is 0 Å². The minimum absolute atomic E-state index is 0.103. The lowest BCUT2D eigenvalue weighted by Crippen LogP contribution is -2.30. The summed E-state index contributed by atoms with van der Waals surface area (Å²) in [6, 6.07) is 0. The van der Waals surface area contributed by atoms with Crippen LogP contribution in [0.3, 0.4) is 0 Å². The second-order valence-electron chi connectivity index (χ2n) is 25.4. The monoisotopic (exact) mass is 1300 g/mol. The van der Waals surface area contributed by atoms with Crippen LogP contribution in [0.15, 0.2) is 0 Å². The first-order valence-electron chi connectivity index (χ1n) is 36.1. The summed E-state index contributed by atoms with van der Waals surface area (Å²) in [5.41, 5.74) is 0. The SMILES string of the molecule is CCCCCCCCCCCCCCCCCCCCCCCCC(=O)O[C@H](COC(=O)CCCCCCCCCCCCCC(C)C)COP(=O)(O)OC[C@@H](O)COP(=O)(O)OC[C@@H](COC(=O)CCCCCCC)OC(=O)CCCCCCCCC. The zero-order valence-electron chi connectivity index (χ0n) is 56.9. The van der Waals surface area contributed by atoms with E-state index in [1.54, 1.807) is 0 Å². The summed E-state index contributed by atoms with van der Waals surface area (Å²) in [5, 5.41) is 10.5. The van der Waals surface area contributed by atoms with Crippen molar-refractivity contribution in [3.8, 4) is 0 Å². The summed E-state index contributed by atoms with van der Waals surface area (Å²) in [6.07, 6.45) is 49.4. The molecule has 0 radical (unpaired) electrons. The van der Waals surface area contributed by atoms with Crippen LogP contribution in [-0.2, 0) is 65.4 Å². The minimum Gasteiger partial charge on any atom is -0.462 e. The molecule has 0 fully saturated rings. The molecule has 0 aliphatic heterocycles. The van der Waals surface area contributed by atoms with Gasteiger partial charge in [-0.3, -0.25) is 37.3 Å². The molecular weight excluding hydrogens is 1160 g/mol. The number of hydrogen-bond acceptors (Lipinski definition) is 15. The topological polar surface area (TPSA) is 237 Å². The Labute approximate surface area is 537 Å². The van der Waals surface area contributed by atoms with Gasteiger partial charge in [-0.15, -0.1) is 0 Å². The third-order valence-corrected chi connectivity index (χ3v) is 17.9. The number of hydrogen-bond donors (Lipinski definition) is 3. The lowest BCUT2D eigenvalue weighted by molar-refractivity contribution is -0.161. The van der Waals surface area contributed by atoms with Gasteiger partial charge in [0.15, 0.2) is 12.2 Å². The molecule has 0 saturated heterocycles. The number of rotatable bonds is 69. The Morgan fingerprint density at radius 1 is 0.307 bits per heavy atom. The predicted molar refractivity (Wildman–Crippen MR) is 354 cm³/mol. The van der Waals surface area contributed by atoms with Crippen LogP contribution >= 0.6 is 15.6 Å². The molecule has 19 heteroatoms. The average Bonchev–Trinajstić information content (AvgIpc) is 3.57. The molecule has 0 aromatic heterocycles. The Kier molecular flexibility index (Phi) is 61.1. The molecule has 17 nitrogen and oxygen atoms in total. The lowest BCUT2D eigenvalue weighted by Gasteiger charge is -2.21. The van der Waals surface area contributed by atoms with E-state index in [1.807, 2.05) is 0 Å². The Balaban J connectivity index is 5.06. The van der Waals surface area contributed by atoms with E-state index in [4.69, 9.17) is 37.0 Å². The minimum atomic E-state index is -4.95. The molecule has 0 spiro atoms. The van der Waals surface area contributed by atoms with E-state index in [9.17, 15) is 43.2 Å². The molecular formula is C69H134O17P2. The van der Waals surface area contributed by atoms with Gasteiger partial charge in [0.1, 0.15) is 19.3 Å². The fraction of sp³-hybridized carbons (Fsp3) is 0.942. The highest BCUT2D eigenvalue weighted by Gasteiger charge is 2.30. The van der Waals surface area contributed by atoms with E-state index < -0.39 is 97.5 Å². The maximum absolute atomic E-state index is 13.0. The third kappa shape index (κ3) is 62.8. The quantitative estimate of drug-likeness (QED) is 0.0222. The van der Waals surface area contributed by atoms with Crippen molar-refractivity contribution in [2.24, 2.45) is 5.92 Å². The highest BCUT2D eigenvalue weighted by Crippen LogP contribution is 2.45. The Morgan fingerprint density at radius 3 is 0.773 bits per heavy atom. The van der Waals surface area contributed by atoms with Gasteiger partial charge in [-0.1, -0.05) is 304 Å². The second-order valence-corrected chi connectivity index (χ2v) is 28.3. The first kappa shape index (κ1) is 86.1. The van der Waals surface area contributed by atoms with E-state index in [1.165, 1.54) is 161 Å². The van der Waals surface area contributed by atoms with E-state index in [0.29, 0.717) is 25.7 Å². The van der Waals surface area contributed by atoms with Crippen LogP contribution in [0.25, 0.3) is 0 Å². The molecule has 88 heavy (non-hydrogen) atoms. The van der Waals surface area contributed by atoms with Gasteiger partial charge in [0.2, 0.25) is 0 Å². The number of phosphoric ester groups is 2. The summed E-state index contributed by atoms with van der Waals surface area (Å²) in [5.74, 6) is -1.37. The van der Waals surface area contributed by atoms with Gasteiger partial charge < -0.3 is 33.8 Å². The molecule has 0 amide bonds. The van der Waals surface area contributed by atoms with Crippen molar-refractivity contribution in [1.82, 2.24) is 0 Å². The van der Waals surface area contributed by atoms with Crippen molar-refractivity contribution < 1.29 is 80.2 Å². The van der Waals surface area contributed by atoms with Gasteiger partial charge >= 0.3 is 39.5 Å². The smallest absolute Gasteiger partial charge is 0.462 e. The van der Waals surface area contributed by atoms with Crippen molar-refractivity contribution in [2.45, 2.75) is 374 Å². The van der Waals surface area contributed by atoms with E-state index in [-0.39, 0.29) is 25.7 Å². The first-order valence-corrected chi connectivity index (χ1v) is 39.1. The number of phosphoric acid groups is 2. The van der Waals surface area contributed by atoms with Crippen LogP contribution in [0, 0.1) is 5.92 Å². The number of unbranched alkanes of at least 4 members (excludes halogenated alkanes) is 41. The van der Waals surface area contributed by atoms with Crippen LogP contribution in [0.4, 0.5) is 0 Å². The summed E-state index contributed by atoms with van der Waals surface area (Å²) >= 11 is 0. The first-order chi connectivity index (χ1) is 42.5. The maximum atomic E-state index is 13.0. The highest BCUT2D eigenvalue weighted by atomic mass is 31.2. The van der Waals surface area contributed by atoms with E-state index in [0.717, 1.165) is 115 Å². The van der Waals surface area contributed by atoms with E-state index >= 15 is 0 Å². The Hall–Kier alpha value is -1.94. The van der Waals surface area contributed by atoms with Gasteiger partial charge in [-0.2, -0.15) is 0 Å². The molecule has 5 atom stereocenters. The largest absolute Gasteiger partial charge is 0.472 e. The summed E-state index contributed by atoms with van der Waals surface area (Å²) < 4.78 is 67.8. The molecule has 0 aromatic carbocycles. The zero-order valence-corrected chi connectivity index (χ0v) is 58.6. The second kappa shape index (κ2) is 62.5. The molecule has 0 heterocycles. The number of aliphatic hydroxyl groups excluding tert-OH is 1. The number of aliphatic hydroxyl groups is 1. The van der Waals surface area contributed by atoms with Crippen LogP contribution in [-0.4, -0.2) is 96.7 Å². The van der Waals surface area contributed by atoms with Crippen molar-refractivity contribution in [2.75, 3.05) is 39.6 Å². The number of carbonyl (C=O) groups excluding carboxylic acids is 4. The molecule has 0 aromatic rings. The van der Waals surface area contributed by atoms with Gasteiger partial charge in [0.05, 0.1) is 26.4 Å². The van der Waals surface area contributed by atoms with Gasteiger partial charge in [-0.25, -0.2) is 9.13 Å². The van der Waals surface area contributed by atoms with Crippen LogP contribution in [0.5, 0.6) is 0 Å². The van der Waals surface area contributed by atoms with Crippen molar-refractivity contribution in [1.29, 1.82) is 0 Å². The number of esters is 4. The zero-order chi connectivity index (χ0) is 64.9. The molecule has 0 aliphatic rings. The summed E-state index contributed by atoms with van der Waals surface area (Å²) in [7, 11) is -9.88. The molecule has 522 valence electrons. The average molecular weight is 1300 g/mol. The number of ether oxygens (including phenoxy) is 4. The lowest BCUT2D eigenvalue weighted by atomic mass is 10.0. The molecule has 0 saturated carbocycles. The number of carbonyl (C=O) groups is 4. The molecule has 2 unspecified atom stereocenters. The van der Waals surface area contributed by atoms with Crippen molar-refractivity contribution >= 4 is 39.5 Å². The van der Waals surface area contributed by atoms with Crippen molar-refractivity contribution in [3.05, 3.63) is 0 Å². The van der Waals surface area contributed by atoms with Gasteiger partial charge in [0, 0.05) is 25.7 Å². The summed E-state index contributed by atoms with van der Waals surface area (Å²) in [4.78, 5) is 72.0. The fourth-order valence-electron chi connectivity index (χ4n) is 10.5. The highest BCUT2D eigenvalue weighted by molar-refractivity contribution is 7.47. The van der Waals surface area contributed by atoms with Crippen LogP contribution < -0.4 is 0 Å². The molecule has 0 rings (SSSR count). The van der Waals surface area contributed by atoms with Gasteiger partial charge in [-0.05, 0) is 31.6 Å². The normalized spacial score (nSPS) is 14.1. The standard InChI is InChI=1S/C69H134O17P2/c1-6-9-12-15-17-18-19-20-21-22-23-24-25-26-27-28-29-32-36-40-45-50-55-69(74)86-65(59-80-67(72)53-48-43-39-35-33-30-31-34-38-42-46-51-62(4)5)61-84-88(77,78)82-57-63(70)56-81-87(75,76)83-60-64(58-79-66(71)52-47-41-14-11-8-3)85-68(73)54-49-44-37-16-13-10-7-2/h62-65,70H,6-61H2,1-5H3,(H,75,76)(H,77,78)/t63-,64+,65+/m0/s1. The Bertz CT molecular complexity index is 1700. The molecule has 0 bridgehead atoms. The maximum Gasteiger partial charge on any atom is 0.472 e. The van der Waals surface area contributed by atoms with Gasteiger partial charge in [0.25, 0.3) is 0 Å². The third-order valence-electron chi connectivity index (χ3n) is 16.0. The predicted octanol–water partition coefficient (Wildman–Crippen LogP) is 19.7. The van der Waals surface area contributed by atoms with E-state index in [2.05, 4.69) is 34.6 Å². The van der Waals surface area contributed by atoms with Crippen molar-refractivity contribution in [3.63, 3.8) is 0 Å². The van der Waals surface area contributed by atoms with Crippen LogP contribution in [0.1, 0.15) is 356 Å². The fourth-order valence-corrected chi connectivity index (χ4v) is 12.0. The molecule has 0 aliphatic carbocycles. The molecule has 3 N–H and O–H groups in total.